The molecule has 1 aliphatic heterocycles. The molecule has 2 aromatic carbocycles. The van der Waals surface area contributed by atoms with Crippen molar-refractivity contribution < 1.29 is 14.3 Å². The standard InChI is InChI=1S/C22H22N4O3/c23-11-14-29-20-8-3-17(4-9-20)5-10-21(27)25-15-18-1-6-19(7-2-18)26-13-12-24-22(28)16-26/h1-10H,12-16H2,(H,24,28)(H,25,27)/b10-5+. The van der Waals surface area contributed by atoms with Crippen molar-refractivity contribution in [3.05, 3.63) is 65.7 Å². The first kappa shape index (κ1) is 20.0. The van der Waals surface area contributed by atoms with Crippen molar-refractivity contribution in [2.75, 3.05) is 31.1 Å². The molecule has 1 fully saturated rings. The summed E-state index contributed by atoms with van der Waals surface area (Å²) >= 11 is 0. The lowest BCUT2D eigenvalue weighted by Gasteiger charge is -2.28. The molecule has 0 bridgehead atoms. The number of amides is 2. The van der Waals surface area contributed by atoms with Crippen molar-refractivity contribution in [3.8, 4) is 11.8 Å². The molecule has 2 N–H and O–H groups in total. The molecule has 3 rings (SSSR count). The summed E-state index contributed by atoms with van der Waals surface area (Å²) in [4.78, 5) is 25.6. The monoisotopic (exact) mass is 390 g/mol. The number of nitrogens with zero attached hydrogens (tertiary/aromatic N) is 2. The van der Waals surface area contributed by atoms with Gasteiger partial charge in [-0.3, -0.25) is 9.59 Å². The van der Waals surface area contributed by atoms with Gasteiger partial charge in [0.05, 0.1) is 6.54 Å². The van der Waals surface area contributed by atoms with Crippen LogP contribution in [0.3, 0.4) is 0 Å². The maximum atomic E-state index is 12.0. The van der Waals surface area contributed by atoms with Crippen LogP contribution < -0.4 is 20.3 Å². The fourth-order valence-corrected chi connectivity index (χ4v) is 2.89. The van der Waals surface area contributed by atoms with Crippen molar-refractivity contribution >= 4 is 23.6 Å². The van der Waals surface area contributed by atoms with Crippen molar-refractivity contribution in [1.82, 2.24) is 10.6 Å². The number of ether oxygens (including phenoxy) is 1. The van der Waals surface area contributed by atoms with Crippen LogP contribution in [0.4, 0.5) is 5.69 Å². The lowest BCUT2D eigenvalue weighted by Crippen LogP contribution is -2.47. The number of anilines is 1. The highest BCUT2D eigenvalue weighted by atomic mass is 16.5. The third kappa shape index (κ3) is 6.11. The Morgan fingerprint density at radius 2 is 1.97 bits per heavy atom. The minimum absolute atomic E-state index is 0.00589. The second-order valence-electron chi connectivity index (χ2n) is 6.50. The van der Waals surface area contributed by atoms with Gasteiger partial charge in [0.1, 0.15) is 11.8 Å². The number of rotatable bonds is 7. The average Bonchev–Trinajstić information content (AvgIpc) is 2.76. The number of hydrogen-bond acceptors (Lipinski definition) is 5. The quantitative estimate of drug-likeness (QED) is 0.704. The summed E-state index contributed by atoms with van der Waals surface area (Å²) in [5.74, 6) is 0.456. The van der Waals surface area contributed by atoms with Crippen LogP contribution in [-0.4, -0.2) is 38.1 Å². The number of nitriles is 1. The maximum Gasteiger partial charge on any atom is 0.244 e. The molecule has 2 aromatic rings. The zero-order valence-electron chi connectivity index (χ0n) is 15.9. The van der Waals surface area contributed by atoms with Gasteiger partial charge in [-0.1, -0.05) is 24.3 Å². The van der Waals surface area contributed by atoms with Gasteiger partial charge in [0.15, 0.2) is 6.61 Å². The van der Waals surface area contributed by atoms with E-state index in [0.717, 1.165) is 23.4 Å². The molecule has 7 nitrogen and oxygen atoms in total. The predicted octanol–water partition coefficient (Wildman–Crippen LogP) is 1.85. The minimum atomic E-state index is -0.188. The van der Waals surface area contributed by atoms with E-state index in [1.165, 1.54) is 6.08 Å². The summed E-state index contributed by atoms with van der Waals surface area (Å²) in [5, 5.41) is 14.2. The first-order valence-electron chi connectivity index (χ1n) is 9.30. The Morgan fingerprint density at radius 3 is 2.66 bits per heavy atom. The van der Waals surface area contributed by atoms with Gasteiger partial charge in [0.2, 0.25) is 11.8 Å². The van der Waals surface area contributed by atoms with Gasteiger partial charge in [0.25, 0.3) is 0 Å². The first-order chi connectivity index (χ1) is 14.1. The summed E-state index contributed by atoms with van der Waals surface area (Å²) in [6, 6.07) is 16.9. The van der Waals surface area contributed by atoms with E-state index in [1.807, 2.05) is 47.4 Å². The fourth-order valence-electron chi connectivity index (χ4n) is 2.89. The van der Waals surface area contributed by atoms with Crippen molar-refractivity contribution in [3.63, 3.8) is 0 Å². The molecule has 7 heteroatoms. The van der Waals surface area contributed by atoms with Crippen LogP contribution in [0.1, 0.15) is 11.1 Å². The maximum absolute atomic E-state index is 12.0. The Balaban J connectivity index is 1.47. The number of benzene rings is 2. The Morgan fingerprint density at radius 1 is 1.21 bits per heavy atom. The third-order valence-electron chi connectivity index (χ3n) is 4.42. The van der Waals surface area contributed by atoms with Gasteiger partial charge in [-0.2, -0.15) is 5.26 Å². The van der Waals surface area contributed by atoms with Gasteiger partial charge in [-0.25, -0.2) is 0 Å². The normalized spacial score (nSPS) is 13.6. The van der Waals surface area contributed by atoms with Crippen LogP contribution in [-0.2, 0) is 16.1 Å². The average molecular weight is 390 g/mol. The van der Waals surface area contributed by atoms with Crippen molar-refractivity contribution in [2.45, 2.75) is 6.54 Å². The third-order valence-corrected chi connectivity index (χ3v) is 4.42. The largest absolute Gasteiger partial charge is 0.479 e. The van der Waals surface area contributed by atoms with Gasteiger partial charge in [-0.15, -0.1) is 0 Å². The van der Waals surface area contributed by atoms with Crippen LogP contribution in [0.15, 0.2) is 54.6 Å². The van der Waals surface area contributed by atoms with E-state index >= 15 is 0 Å². The fraction of sp³-hybridized carbons (Fsp3) is 0.227. The molecule has 0 atom stereocenters. The van der Waals surface area contributed by atoms with Crippen LogP contribution in [0.2, 0.25) is 0 Å². The Labute approximate surface area is 169 Å². The second-order valence-corrected chi connectivity index (χ2v) is 6.50. The van der Waals surface area contributed by atoms with Gasteiger partial charge < -0.3 is 20.3 Å². The van der Waals surface area contributed by atoms with E-state index in [9.17, 15) is 9.59 Å². The smallest absolute Gasteiger partial charge is 0.244 e. The van der Waals surface area contributed by atoms with E-state index in [-0.39, 0.29) is 18.4 Å². The molecule has 0 unspecified atom stereocenters. The molecular formula is C22H22N4O3. The highest BCUT2D eigenvalue weighted by molar-refractivity contribution is 5.91. The number of carbonyl (C=O) groups excluding carboxylic acids is 2. The molecule has 1 heterocycles. The van der Waals surface area contributed by atoms with Gasteiger partial charge in [0, 0.05) is 31.4 Å². The number of nitrogens with one attached hydrogen (secondary N) is 2. The summed E-state index contributed by atoms with van der Waals surface area (Å²) in [6.07, 6.45) is 3.19. The predicted molar refractivity (Wildman–Crippen MR) is 110 cm³/mol. The second kappa shape index (κ2) is 9.95. The highest BCUT2D eigenvalue weighted by Crippen LogP contribution is 2.16. The Bertz CT molecular complexity index is 915. The molecular weight excluding hydrogens is 368 g/mol. The molecule has 148 valence electrons. The van der Waals surface area contributed by atoms with Crippen LogP contribution >= 0.6 is 0 Å². The topological polar surface area (TPSA) is 94.5 Å². The Hall–Kier alpha value is -3.79. The summed E-state index contributed by atoms with van der Waals surface area (Å²) < 4.78 is 5.19. The zero-order valence-corrected chi connectivity index (χ0v) is 15.9. The highest BCUT2D eigenvalue weighted by Gasteiger charge is 2.16. The number of carbonyl (C=O) groups is 2. The number of hydrogen-bond donors (Lipinski definition) is 2. The Kier molecular flexibility index (Phi) is 6.85. The van der Waals surface area contributed by atoms with Gasteiger partial charge >= 0.3 is 0 Å². The van der Waals surface area contributed by atoms with E-state index in [4.69, 9.17) is 10.00 Å². The van der Waals surface area contributed by atoms with Crippen LogP contribution in [0, 0.1) is 11.3 Å². The SMILES string of the molecule is N#CCOc1ccc(/C=C/C(=O)NCc2ccc(N3CCNC(=O)C3)cc2)cc1. The van der Waals surface area contributed by atoms with Gasteiger partial charge in [-0.05, 0) is 41.5 Å². The minimum Gasteiger partial charge on any atom is -0.479 e. The van der Waals surface area contributed by atoms with E-state index < -0.39 is 0 Å². The van der Waals surface area contributed by atoms with Crippen LogP contribution in [0.5, 0.6) is 5.75 Å². The van der Waals surface area contributed by atoms with Crippen molar-refractivity contribution in [1.29, 1.82) is 5.26 Å². The molecule has 1 aliphatic rings. The molecule has 0 aromatic heterocycles. The molecule has 0 aliphatic carbocycles. The summed E-state index contributed by atoms with van der Waals surface area (Å²) in [5.41, 5.74) is 2.84. The molecule has 0 saturated carbocycles. The lowest BCUT2D eigenvalue weighted by molar-refractivity contribution is -0.120. The molecule has 1 saturated heterocycles. The van der Waals surface area contributed by atoms with E-state index in [1.54, 1.807) is 18.2 Å². The molecule has 29 heavy (non-hydrogen) atoms. The molecule has 0 spiro atoms. The first-order valence-corrected chi connectivity index (χ1v) is 9.30. The van der Waals surface area contributed by atoms with Crippen molar-refractivity contribution in [2.24, 2.45) is 0 Å². The zero-order chi connectivity index (χ0) is 20.5. The lowest BCUT2D eigenvalue weighted by atomic mass is 10.1. The molecule has 2 amide bonds. The molecule has 0 radical (unpaired) electrons. The van der Waals surface area contributed by atoms with Crippen LogP contribution in [0.25, 0.3) is 6.08 Å². The summed E-state index contributed by atoms with van der Waals surface area (Å²) in [6.45, 7) is 2.24. The summed E-state index contributed by atoms with van der Waals surface area (Å²) in [7, 11) is 0. The van der Waals surface area contributed by atoms with E-state index in [2.05, 4.69) is 10.6 Å². The van der Waals surface area contributed by atoms with E-state index in [0.29, 0.717) is 25.4 Å². The number of piperazine rings is 1.